The second-order valence-corrected chi connectivity index (χ2v) is 9.40. The van der Waals surface area contributed by atoms with Crippen molar-refractivity contribution >= 4 is 39.7 Å². The Morgan fingerprint density at radius 1 is 0.727 bits per heavy atom. The third-order valence-electron chi connectivity index (χ3n) is 5.02. The van der Waals surface area contributed by atoms with Crippen LogP contribution in [0.3, 0.4) is 0 Å². The normalized spacial score (nSPS) is 11.1. The molecule has 189 valence electrons. The van der Waals surface area contributed by atoms with E-state index in [0.717, 1.165) is 12.8 Å². The molecule has 0 saturated heterocycles. The van der Waals surface area contributed by atoms with E-state index in [0.29, 0.717) is 19.6 Å². The number of benzene rings is 1. The molecule has 0 aliphatic carbocycles. The molecule has 0 saturated carbocycles. The van der Waals surface area contributed by atoms with Crippen LogP contribution >= 0.6 is 0 Å². The predicted molar refractivity (Wildman–Crippen MR) is 135 cm³/mol. The van der Waals surface area contributed by atoms with Gasteiger partial charge in [0.15, 0.2) is 0 Å². The van der Waals surface area contributed by atoms with Crippen LogP contribution in [0.25, 0.3) is 0 Å². The number of hydrogen-bond donors (Lipinski definition) is 3. The molecule has 1 aromatic rings. The first-order chi connectivity index (χ1) is 15.5. The van der Waals surface area contributed by atoms with Crippen LogP contribution in [0, 0.1) is 0 Å². The van der Waals surface area contributed by atoms with E-state index >= 15 is 0 Å². The summed E-state index contributed by atoms with van der Waals surface area (Å²) in [7, 11) is -3.57. The minimum absolute atomic E-state index is 0. The topological polar surface area (TPSA) is 107 Å². The Morgan fingerprint density at radius 2 is 1.15 bits per heavy atom. The van der Waals surface area contributed by atoms with Crippen LogP contribution < -0.4 is 0 Å². The summed E-state index contributed by atoms with van der Waals surface area (Å²) in [6.45, 7) is 4.27. The van der Waals surface area contributed by atoms with Crippen molar-refractivity contribution in [3.05, 3.63) is 30.3 Å². The molecule has 0 bridgehead atoms. The number of hydrogen-bond acceptors (Lipinski definition) is 7. The van der Waals surface area contributed by atoms with E-state index in [2.05, 4.69) is 6.92 Å². The van der Waals surface area contributed by atoms with Crippen molar-refractivity contribution in [2.75, 3.05) is 46.1 Å². The SMILES string of the molecule is CCCCCCCCCCCCOS(=O)(=O)c1ccccc1.OCCN(CCO)CCO.[Na]. The van der Waals surface area contributed by atoms with Gasteiger partial charge in [-0.15, -0.1) is 0 Å². The zero-order valence-corrected chi connectivity index (χ0v) is 23.6. The molecule has 0 atom stereocenters. The molecule has 3 N–H and O–H groups in total. The summed E-state index contributed by atoms with van der Waals surface area (Å²) >= 11 is 0. The molecule has 1 radical (unpaired) electrons. The van der Waals surface area contributed by atoms with E-state index in [1.54, 1.807) is 35.2 Å². The third-order valence-corrected chi connectivity index (χ3v) is 6.34. The maximum atomic E-state index is 11.9. The van der Waals surface area contributed by atoms with Crippen molar-refractivity contribution in [2.24, 2.45) is 0 Å². The van der Waals surface area contributed by atoms with Gasteiger partial charge < -0.3 is 15.3 Å². The molecule has 7 nitrogen and oxygen atoms in total. The molecule has 0 heterocycles. The molecule has 0 spiro atoms. The summed E-state index contributed by atoms with van der Waals surface area (Å²) in [5.74, 6) is 0. The first kappa shape index (κ1) is 35.1. The maximum Gasteiger partial charge on any atom is 0.296 e. The standard InChI is InChI=1S/C18H30O3S.C6H15NO3.Na/c1-2-3-4-5-6-7-8-9-10-14-17-21-22(19,20)18-15-12-11-13-16-18;8-4-1-7(2-5-9)3-6-10;/h11-13,15-16H,2-10,14,17H2,1H3;8-10H,1-6H2;. The van der Waals surface area contributed by atoms with E-state index in [-0.39, 0.29) is 60.9 Å². The zero-order valence-electron chi connectivity index (χ0n) is 20.8. The third kappa shape index (κ3) is 21.0. The molecule has 0 fully saturated rings. The van der Waals surface area contributed by atoms with Crippen LogP contribution in [0.5, 0.6) is 0 Å². The fourth-order valence-electron chi connectivity index (χ4n) is 3.17. The van der Waals surface area contributed by atoms with Crippen molar-refractivity contribution in [3.63, 3.8) is 0 Å². The van der Waals surface area contributed by atoms with Gasteiger partial charge in [0, 0.05) is 49.2 Å². The van der Waals surface area contributed by atoms with E-state index in [1.807, 2.05) is 0 Å². The molecule has 0 aliphatic heterocycles. The van der Waals surface area contributed by atoms with Gasteiger partial charge in [0.05, 0.1) is 31.3 Å². The Kier molecular flexibility index (Phi) is 26.7. The molecule has 0 unspecified atom stereocenters. The second kappa shape index (κ2) is 25.1. The van der Waals surface area contributed by atoms with Crippen LogP contribution in [-0.4, -0.2) is 104 Å². The molecular formula is C24H45NNaO6S. The average molecular weight is 499 g/mol. The number of aliphatic hydroxyl groups excluding tert-OH is 3. The number of nitrogens with zero attached hydrogens (tertiary/aromatic N) is 1. The van der Waals surface area contributed by atoms with Crippen LogP contribution in [0.4, 0.5) is 0 Å². The molecule has 9 heteroatoms. The van der Waals surface area contributed by atoms with Gasteiger partial charge in [0.25, 0.3) is 10.1 Å². The molecule has 1 rings (SSSR count). The smallest absolute Gasteiger partial charge is 0.296 e. The minimum atomic E-state index is -3.57. The van der Waals surface area contributed by atoms with E-state index in [1.165, 1.54) is 51.4 Å². The summed E-state index contributed by atoms with van der Waals surface area (Å²) in [6, 6.07) is 8.33. The molecule has 0 amide bonds. The number of aliphatic hydroxyl groups is 3. The number of rotatable bonds is 19. The van der Waals surface area contributed by atoms with Crippen LogP contribution in [0.15, 0.2) is 35.2 Å². The summed E-state index contributed by atoms with van der Waals surface area (Å²) in [5, 5.41) is 25.5. The van der Waals surface area contributed by atoms with Gasteiger partial charge in [-0.3, -0.25) is 9.08 Å². The van der Waals surface area contributed by atoms with Gasteiger partial charge in [0.2, 0.25) is 0 Å². The fourth-order valence-corrected chi connectivity index (χ4v) is 4.14. The van der Waals surface area contributed by atoms with Crippen LogP contribution in [0.2, 0.25) is 0 Å². The Hall–Kier alpha value is -0.0300. The Labute approximate surface area is 224 Å². The van der Waals surface area contributed by atoms with Gasteiger partial charge in [-0.2, -0.15) is 8.42 Å². The van der Waals surface area contributed by atoms with E-state index < -0.39 is 10.1 Å². The number of unbranched alkanes of at least 4 members (excludes halogenated alkanes) is 9. The monoisotopic (exact) mass is 498 g/mol. The summed E-state index contributed by atoms with van der Waals surface area (Å²) < 4.78 is 28.8. The largest absolute Gasteiger partial charge is 0.395 e. The van der Waals surface area contributed by atoms with Crippen LogP contribution in [0.1, 0.15) is 71.1 Å². The predicted octanol–water partition coefficient (Wildman–Crippen LogP) is 3.20. The molecular weight excluding hydrogens is 453 g/mol. The quantitative estimate of drug-likeness (QED) is 0.153. The Morgan fingerprint density at radius 3 is 1.58 bits per heavy atom. The Bertz CT molecular complexity index is 604. The van der Waals surface area contributed by atoms with E-state index in [9.17, 15) is 8.42 Å². The van der Waals surface area contributed by atoms with Gasteiger partial charge in [-0.25, -0.2) is 0 Å². The molecule has 0 aromatic heterocycles. The summed E-state index contributed by atoms with van der Waals surface area (Å²) in [5.41, 5.74) is 0. The van der Waals surface area contributed by atoms with Crippen molar-refractivity contribution < 1.29 is 27.9 Å². The first-order valence-corrected chi connectivity index (χ1v) is 13.4. The van der Waals surface area contributed by atoms with Crippen molar-refractivity contribution in [1.29, 1.82) is 0 Å². The van der Waals surface area contributed by atoms with Gasteiger partial charge >= 0.3 is 0 Å². The molecule has 33 heavy (non-hydrogen) atoms. The van der Waals surface area contributed by atoms with Crippen molar-refractivity contribution in [2.45, 2.75) is 76.0 Å². The first-order valence-electron chi connectivity index (χ1n) is 12.0. The van der Waals surface area contributed by atoms with E-state index in [4.69, 9.17) is 19.5 Å². The fraction of sp³-hybridized carbons (Fsp3) is 0.750. The maximum absolute atomic E-state index is 11.9. The minimum Gasteiger partial charge on any atom is -0.395 e. The average Bonchev–Trinajstić information content (AvgIpc) is 2.79. The summed E-state index contributed by atoms with van der Waals surface area (Å²) in [6.07, 6.45) is 12.3. The van der Waals surface area contributed by atoms with Gasteiger partial charge in [-0.05, 0) is 18.6 Å². The van der Waals surface area contributed by atoms with Crippen LogP contribution in [-0.2, 0) is 14.3 Å². The van der Waals surface area contributed by atoms with Crippen molar-refractivity contribution in [3.8, 4) is 0 Å². The van der Waals surface area contributed by atoms with Gasteiger partial charge in [-0.1, -0.05) is 82.9 Å². The van der Waals surface area contributed by atoms with Gasteiger partial charge in [0.1, 0.15) is 0 Å². The Balaban J connectivity index is 0. The molecule has 1 aromatic carbocycles. The summed E-state index contributed by atoms with van der Waals surface area (Å²) in [4.78, 5) is 2.03. The van der Waals surface area contributed by atoms with Crippen molar-refractivity contribution in [1.82, 2.24) is 4.90 Å². The zero-order chi connectivity index (χ0) is 23.9. The molecule has 0 aliphatic rings. The second-order valence-electron chi connectivity index (χ2n) is 7.78.